The quantitative estimate of drug-likeness (QED) is 0.688. The van der Waals surface area contributed by atoms with Gasteiger partial charge in [0.25, 0.3) is 0 Å². The van der Waals surface area contributed by atoms with Crippen molar-refractivity contribution >= 4 is 5.91 Å². The summed E-state index contributed by atoms with van der Waals surface area (Å²) in [4.78, 5) is 12.0. The van der Waals surface area contributed by atoms with E-state index in [-0.39, 0.29) is 24.2 Å². The smallest absolute Gasteiger partial charge is 0.246 e. The first kappa shape index (κ1) is 18.4. The van der Waals surface area contributed by atoms with Crippen LogP contribution in [0.25, 0.3) is 0 Å². The summed E-state index contributed by atoms with van der Waals surface area (Å²) in [5, 5.41) is 3.02. The molecule has 1 rings (SSSR count). The van der Waals surface area contributed by atoms with E-state index in [1.165, 1.54) is 25.7 Å². The average molecular weight is 298 g/mol. The number of ether oxygens (including phenoxy) is 1. The van der Waals surface area contributed by atoms with Crippen LogP contribution in [0.1, 0.15) is 72.1 Å². The fourth-order valence-corrected chi connectivity index (χ4v) is 3.29. The van der Waals surface area contributed by atoms with Crippen molar-refractivity contribution in [3.8, 4) is 0 Å². The van der Waals surface area contributed by atoms with Crippen LogP contribution in [0, 0.1) is 5.92 Å². The highest BCUT2D eigenvalue weighted by molar-refractivity contribution is 5.77. The molecule has 3 N–H and O–H groups in total. The zero-order valence-electron chi connectivity index (χ0n) is 14.1. The minimum atomic E-state index is -0.268. The number of amides is 1. The monoisotopic (exact) mass is 298 g/mol. The number of nitrogens with two attached hydrogens (primary N) is 1. The van der Waals surface area contributed by atoms with E-state index >= 15 is 0 Å². The molecule has 0 spiro atoms. The third kappa shape index (κ3) is 5.95. The summed E-state index contributed by atoms with van der Waals surface area (Å²) in [6.45, 7) is 7.08. The minimum absolute atomic E-state index is 0.00722. The Hall–Kier alpha value is -0.610. The first-order valence-electron chi connectivity index (χ1n) is 8.72. The lowest BCUT2D eigenvalue weighted by Gasteiger charge is -2.39. The molecule has 0 unspecified atom stereocenters. The van der Waals surface area contributed by atoms with Gasteiger partial charge in [0.1, 0.15) is 6.61 Å². The maximum atomic E-state index is 12.0. The molecule has 1 aliphatic carbocycles. The molecular formula is C17H34N2O2. The molecule has 0 heterocycles. The summed E-state index contributed by atoms with van der Waals surface area (Å²) >= 11 is 0. The Morgan fingerprint density at radius 3 is 2.38 bits per heavy atom. The molecule has 0 atom stereocenters. The molecule has 4 nitrogen and oxygen atoms in total. The van der Waals surface area contributed by atoms with Crippen LogP contribution in [0.2, 0.25) is 0 Å². The van der Waals surface area contributed by atoms with Crippen molar-refractivity contribution < 1.29 is 9.53 Å². The molecule has 1 saturated carbocycles. The van der Waals surface area contributed by atoms with Crippen LogP contribution in [0.15, 0.2) is 0 Å². The van der Waals surface area contributed by atoms with Gasteiger partial charge in [0.15, 0.2) is 0 Å². The lowest BCUT2D eigenvalue weighted by Crippen LogP contribution is -2.47. The molecule has 0 saturated heterocycles. The predicted octanol–water partition coefficient (Wildman–Crippen LogP) is 3.00. The molecule has 124 valence electrons. The third-order valence-electron chi connectivity index (χ3n) is 4.95. The summed E-state index contributed by atoms with van der Waals surface area (Å²) in [6, 6.07) is 0.259. The first-order chi connectivity index (χ1) is 10.1. The van der Waals surface area contributed by atoms with Gasteiger partial charge in [-0.05, 0) is 44.4 Å². The van der Waals surface area contributed by atoms with Crippen LogP contribution in [-0.2, 0) is 9.53 Å². The Bertz CT molecular complexity index is 295. The zero-order valence-corrected chi connectivity index (χ0v) is 14.1. The van der Waals surface area contributed by atoms with Crippen LogP contribution in [0.5, 0.6) is 0 Å². The lowest BCUT2D eigenvalue weighted by atomic mass is 9.77. The van der Waals surface area contributed by atoms with Crippen molar-refractivity contribution in [1.29, 1.82) is 0 Å². The van der Waals surface area contributed by atoms with Crippen molar-refractivity contribution in [3.05, 3.63) is 0 Å². The second-order valence-electron chi connectivity index (χ2n) is 6.49. The van der Waals surface area contributed by atoms with Crippen LogP contribution in [-0.4, -0.2) is 30.7 Å². The van der Waals surface area contributed by atoms with Crippen LogP contribution < -0.4 is 11.1 Å². The van der Waals surface area contributed by atoms with E-state index in [0.29, 0.717) is 6.54 Å². The van der Waals surface area contributed by atoms with Gasteiger partial charge >= 0.3 is 0 Å². The highest BCUT2D eigenvalue weighted by Crippen LogP contribution is 2.36. The molecule has 0 bridgehead atoms. The Kier molecular flexibility index (Phi) is 8.27. The fourth-order valence-electron chi connectivity index (χ4n) is 3.29. The Balaban J connectivity index is 2.39. The van der Waals surface area contributed by atoms with Crippen molar-refractivity contribution in [2.45, 2.75) is 83.8 Å². The largest absolute Gasteiger partial charge is 0.364 e. The van der Waals surface area contributed by atoms with Crippen LogP contribution >= 0.6 is 0 Å². The summed E-state index contributed by atoms with van der Waals surface area (Å²) in [5.41, 5.74) is 5.67. The van der Waals surface area contributed by atoms with E-state index in [9.17, 15) is 4.79 Å². The standard InChI is InChI=1S/C17H34N2O2/c1-4-7-14-8-10-17(13-18,11-9-14)21-12-16(20)19-15(5-2)6-3/h14-15H,4-13,18H2,1-3H3,(H,19,20). The van der Waals surface area contributed by atoms with Gasteiger partial charge in [-0.3, -0.25) is 4.79 Å². The van der Waals surface area contributed by atoms with E-state index in [1.54, 1.807) is 0 Å². The number of carbonyl (C=O) groups excluding carboxylic acids is 1. The van der Waals surface area contributed by atoms with Gasteiger partial charge in [-0.2, -0.15) is 0 Å². The molecule has 21 heavy (non-hydrogen) atoms. The number of rotatable bonds is 9. The molecule has 0 radical (unpaired) electrons. The van der Waals surface area contributed by atoms with E-state index in [0.717, 1.165) is 31.6 Å². The average Bonchev–Trinajstić information content (AvgIpc) is 2.52. The molecule has 0 aromatic carbocycles. The zero-order chi connectivity index (χ0) is 15.7. The van der Waals surface area contributed by atoms with E-state index < -0.39 is 0 Å². The second-order valence-corrected chi connectivity index (χ2v) is 6.49. The Labute approximate surface area is 130 Å². The summed E-state index contributed by atoms with van der Waals surface area (Å²) in [6.07, 6.45) is 8.82. The SMILES string of the molecule is CCCC1CCC(CN)(OCC(=O)NC(CC)CC)CC1. The van der Waals surface area contributed by atoms with Crippen molar-refractivity contribution in [2.75, 3.05) is 13.2 Å². The minimum Gasteiger partial charge on any atom is -0.364 e. The number of carbonyl (C=O) groups is 1. The maximum Gasteiger partial charge on any atom is 0.246 e. The number of hydrogen-bond acceptors (Lipinski definition) is 3. The summed E-state index contributed by atoms with van der Waals surface area (Å²) in [5.74, 6) is 0.809. The summed E-state index contributed by atoms with van der Waals surface area (Å²) < 4.78 is 5.96. The van der Waals surface area contributed by atoms with E-state index in [4.69, 9.17) is 10.5 Å². The Morgan fingerprint density at radius 1 is 1.29 bits per heavy atom. The number of hydrogen-bond donors (Lipinski definition) is 2. The Morgan fingerprint density at radius 2 is 1.90 bits per heavy atom. The first-order valence-corrected chi connectivity index (χ1v) is 8.72. The van der Waals surface area contributed by atoms with Gasteiger partial charge in [-0.25, -0.2) is 0 Å². The molecule has 4 heteroatoms. The normalized spacial score (nSPS) is 26.0. The van der Waals surface area contributed by atoms with Crippen LogP contribution in [0.4, 0.5) is 0 Å². The lowest BCUT2D eigenvalue weighted by molar-refractivity contribution is -0.137. The maximum absolute atomic E-state index is 12.0. The van der Waals surface area contributed by atoms with E-state index in [1.807, 2.05) is 0 Å². The molecule has 0 aromatic heterocycles. The van der Waals surface area contributed by atoms with Crippen molar-refractivity contribution in [3.63, 3.8) is 0 Å². The topological polar surface area (TPSA) is 64.3 Å². The fraction of sp³-hybridized carbons (Fsp3) is 0.941. The highest BCUT2D eigenvalue weighted by Gasteiger charge is 2.35. The molecule has 0 aliphatic heterocycles. The third-order valence-corrected chi connectivity index (χ3v) is 4.95. The number of nitrogens with one attached hydrogen (secondary N) is 1. The van der Waals surface area contributed by atoms with Gasteiger partial charge in [-0.15, -0.1) is 0 Å². The highest BCUT2D eigenvalue weighted by atomic mass is 16.5. The molecule has 1 fully saturated rings. The van der Waals surface area contributed by atoms with Crippen molar-refractivity contribution in [2.24, 2.45) is 11.7 Å². The second kappa shape index (κ2) is 9.42. The van der Waals surface area contributed by atoms with E-state index in [2.05, 4.69) is 26.1 Å². The predicted molar refractivity (Wildman–Crippen MR) is 87.1 cm³/mol. The van der Waals surface area contributed by atoms with Gasteiger partial charge in [-0.1, -0.05) is 33.6 Å². The van der Waals surface area contributed by atoms with Gasteiger partial charge in [0.05, 0.1) is 5.60 Å². The van der Waals surface area contributed by atoms with Gasteiger partial charge in [0, 0.05) is 12.6 Å². The van der Waals surface area contributed by atoms with Gasteiger partial charge < -0.3 is 15.8 Å². The van der Waals surface area contributed by atoms with Crippen LogP contribution in [0.3, 0.4) is 0 Å². The van der Waals surface area contributed by atoms with Gasteiger partial charge in [0.2, 0.25) is 5.91 Å². The molecule has 0 aromatic rings. The summed E-state index contributed by atoms with van der Waals surface area (Å²) in [7, 11) is 0. The van der Waals surface area contributed by atoms with Crippen molar-refractivity contribution in [1.82, 2.24) is 5.32 Å². The molecule has 1 aliphatic rings. The molecule has 1 amide bonds. The molecular weight excluding hydrogens is 264 g/mol.